The molecule has 0 aromatic heterocycles. The molecular formula is C13H16S4. The van der Waals surface area contributed by atoms with Crippen molar-refractivity contribution >= 4 is 41.2 Å². The van der Waals surface area contributed by atoms with Gasteiger partial charge in [-0.3, -0.25) is 0 Å². The SMILES string of the molecule is C=C/C(=C\C)CSSSSCc1ccccc1. The fourth-order valence-corrected chi connectivity index (χ4v) is 7.02. The van der Waals surface area contributed by atoms with Crippen molar-refractivity contribution in [2.45, 2.75) is 12.7 Å². The van der Waals surface area contributed by atoms with Gasteiger partial charge in [-0.25, -0.2) is 0 Å². The van der Waals surface area contributed by atoms with Crippen LogP contribution in [0.4, 0.5) is 0 Å². The zero-order valence-electron chi connectivity index (χ0n) is 9.80. The second-order valence-electron chi connectivity index (χ2n) is 3.21. The Kier molecular flexibility index (Phi) is 8.97. The lowest BCUT2D eigenvalue weighted by atomic mass is 10.2. The topological polar surface area (TPSA) is 0 Å². The highest BCUT2D eigenvalue weighted by atomic mass is 33.7. The van der Waals surface area contributed by atoms with E-state index >= 15 is 0 Å². The summed E-state index contributed by atoms with van der Waals surface area (Å²) in [5, 5.41) is 0. The Morgan fingerprint density at radius 2 is 1.88 bits per heavy atom. The van der Waals surface area contributed by atoms with Crippen LogP contribution in [0.3, 0.4) is 0 Å². The molecule has 17 heavy (non-hydrogen) atoms. The van der Waals surface area contributed by atoms with E-state index in [0.717, 1.165) is 11.5 Å². The van der Waals surface area contributed by atoms with Crippen LogP contribution in [0.15, 0.2) is 54.6 Å². The lowest BCUT2D eigenvalue weighted by Crippen LogP contribution is -1.77. The van der Waals surface area contributed by atoms with Crippen LogP contribution in [0.5, 0.6) is 0 Å². The first kappa shape index (κ1) is 15.2. The van der Waals surface area contributed by atoms with Gasteiger partial charge < -0.3 is 0 Å². The minimum absolute atomic E-state index is 1.03. The van der Waals surface area contributed by atoms with Gasteiger partial charge in [-0.2, -0.15) is 0 Å². The van der Waals surface area contributed by atoms with E-state index in [-0.39, 0.29) is 0 Å². The molecule has 0 fully saturated rings. The van der Waals surface area contributed by atoms with Gasteiger partial charge >= 0.3 is 0 Å². The van der Waals surface area contributed by atoms with Gasteiger partial charge in [0.15, 0.2) is 0 Å². The van der Waals surface area contributed by atoms with Gasteiger partial charge in [0, 0.05) is 11.5 Å². The molecule has 0 aliphatic heterocycles. The van der Waals surface area contributed by atoms with Crippen LogP contribution in [-0.2, 0) is 5.75 Å². The van der Waals surface area contributed by atoms with Gasteiger partial charge in [0.25, 0.3) is 0 Å². The average molecular weight is 301 g/mol. The molecule has 0 radical (unpaired) electrons. The zero-order chi connectivity index (χ0) is 12.3. The Labute approximate surface area is 119 Å². The summed E-state index contributed by atoms with van der Waals surface area (Å²) in [5.74, 6) is 2.10. The Morgan fingerprint density at radius 3 is 2.53 bits per heavy atom. The molecular weight excluding hydrogens is 284 g/mol. The number of benzene rings is 1. The molecule has 0 amide bonds. The van der Waals surface area contributed by atoms with Crippen molar-refractivity contribution in [1.29, 1.82) is 0 Å². The minimum Gasteiger partial charge on any atom is -0.0988 e. The first-order valence-corrected chi connectivity index (χ1v) is 10.4. The molecule has 1 rings (SSSR count). The quantitative estimate of drug-likeness (QED) is 0.328. The smallest absolute Gasteiger partial charge is 0.0297 e. The molecule has 1 aromatic carbocycles. The van der Waals surface area contributed by atoms with Crippen LogP contribution < -0.4 is 0 Å². The number of rotatable bonds is 8. The van der Waals surface area contributed by atoms with Gasteiger partial charge in [-0.15, -0.1) is 0 Å². The molecule has 0 bridgehead atoms. The van der Waals surface area contributed by atoms with Crippen molar-refractivity contribution in [3.63, 3.8) is 0 Å². The van der Waals surface area contributed by atoms with Gasteiger partial charge in [0.1, 0.15) is 0 Å². The van der Waals surface area contributed by atoms with E-state index in [0.29, 0.717) is 0 Å². The van der Waals surface area contributed by atoms with E-state index in [1.54, 1.807) is 0 Å². The van der Waals surface area contributed by atoms with E-state index in [1.165, 1.54) is 11.1 Å². The summed E-state index contributed by atoms with van der Waals surface area (Å²) in [4.78, 5) is 0. The lowest BCUT2D eigenvalue weighted by Gasteiger charge is -2.01. The molecule has 0 heterocycles. The number of hydrogen-bond donors (Lipinski definition) is 0. The summed E-state index contributed by atoms with van der Waals surface area (Å²) in [6, 6.07) is 10.6. The molecule has 0 nitrogen and oxygen atoms in total. The molecule has 92 valence electrons. The summed E-state index contributed by atoms with van der Waals surface area (Å²) < 4.78 is 0. The van der Waals surface area contributed by atoms with Crippen LogP contribution in [-0.4, -0.2) is 5.75 Å². The van der Waals surface area contributed by atoms with Crippen LogP contribution in [0, 0.1) is 0 Å². The third-order valence-electron chi connectivity index (χ3n) is 2.05. The summed E-state index contributed by atoms with van der Waals surface area (Å²) in [7, 11) is 7.44. The standard InChI is InChI=1S/C13H16S4/c1-3-12(4-2)10-14-16-17-15-11-13-8-6-5-7-9-13/h3-9H,1,10-11H2,2H3/b12-4+. The van der Waals surface area contributed by atoms with Crippen molar-refractivity contribution in [3.8, 4) is 0 Å². The van der Waals surface area contributed by atoms with Crippen LogP contribution in [0.25, 0.3) is 0 Å². The Hall–Kier alpha value is 0.1000. The summed E-state index contributed by atoms with van der Waals surface area (Å²) in [6.45, 7) is 5.84. The van der Waals surface area contributed by atoms with Crippen molar-refractivity contribution in [3.05, 3.63) is 60.2 Å². The van der Waals surface area contributed by atoms with E-state index in [1.807, 2.05) is 47.3 Å². The van der Waals surface area contributed by atoms with Crippen molar-refractivity contribution < 1.29 is 0 Å². The van der Waals surface area contributed by atoms with Crippen LogP contribution in [0.2, 0.25) is 0 Å². The molecule has 0 aliphatic rings. The molecule has 0 unspecified atom stereocenters. The first-order valence-electron chi connectivity index (χ1n) is 5.26. The Bertz CT molecular complexity index is 346. The molecule has 0 saturated heterocycles. The maximum atomic E-state index is 3.78. The van der Waals surface area contributed by atoms with E-state index < -0.39 is 0 Å². The minimum atomic E-state index is 1.03. The third-order valence-corrected chi connectivity index (χ3v) is 8.38. The molecule has 0 saturated carbocycles. The van der Waals surface area contributed by atoms with Gasteiger partial charge in [-0.05, 0) is 37.7 Å². The average Bonchev–Trinajstić information content (AvgIpc) is 2.39. The molecule has 0 N–H and O–H groups in total. The summed E-state index contributed by atoms with van der Waals surface area (Å²) in [5.41, 5.74) is 2.69. The predicted molar refractivity (Wildman–Crippen MR) is 89.3 cm³/mol. The second kappa shape index (κ2) is 10.1. The monoisotopic (exact) mass is 300 g/mol. The van der Waals surface area contributed by atoms with E-state index in [9.17, 15) is 0 Å². The fraction of sp³-hybridized carbons (Fsp3) is 0.231. The molecule has 0 spiro atoms. The lowest BCUT2D eigenvalue weighted by molar-refractivity contribution is 1.43. The highest BCUT2D eigenvalue weighted by Crippen LogP contribution is 2.44. The highest BCUT2D eigenvalue weighted by Gasteiger charge is 1.96. The fourth-order valence-electron chi connectivity index (χ4n) is 1.06. The zero-order valence-corrected chi connectivity index (χ0v) is 13.1. The maximum Gasteiger partial charge on any atom is 0.0297 e. The summed E-state index contributed by atoms with van der Waals surface area (Å²) >= 11 is 0. The van der Waals surface area contributed by atoms with E-state index in [2.05, 4.69) is 49.9 Å². The second-order valence-corrected chi connectivity index (χ2v) is 9.21. The molecule has 1 aromatic rings. The predicted octanol–water partition coefficient (Wildman–Crippen LogP) is 6.00. The Balaban J connectivity index is 2.04. The molecule has 0 aliphatic carbocycles. The maximum absolute atomic E-state index is 3.78. The highest BCUT2D eigenvalue weighted by molar-refractivity contribution is 9.26. The normalized spacial score (nSPS) is 11.5. The number of allylic oxidation sites excluding steroid dienone is 2. The third kappa shape index (κ3) is 7.19. The number of hydrogen-bond acceptors (Lipinski definition) is 4. The van der Waals surface area contributed by atoms with Gasteiger partial charge in [0.2, 0.25) is 0 Å². The Morgan fingerprint density at radius 1 is 1.18 bits per heavy atom. The molecule has 0 atom stereocenters. The van der Waals surface area contributed by atoms with Crippen molar-refractivity contribution in [2.24, 2.45) is 0 Å². The van der Waals surface area contributed by atoms with Crippen molar-refractivity contribution in [1.82, 2.24) is 0 Å². The summed E-state index contributed by atoms with van der Waals surface area (Å²) in [6.07, 6.45) is 4.04. The van der Waals surface area contributed by atoms with Crippen molar-refractivity contribution in [2.75, 3.05) is 5.75 Å². The largest absolute Gasteiger partial charge is 0.0988 e. The van der Waals surface area contributed by atoms with Crippen LogP contribution >= 0.6 is 41.2 Å². The van der Waals surface area contributed by atoms with Gasteiger partial charge in [-0.1, -0.05) is 70.7 Å². The first-order chi connectivity index (χ1) is 8.36. The molecule has 4 heteroatoms. The van der Waals surface area contributed by atoms with Gasteiger partial charge in [0.05, 0.1) is 0 Å². The van der Waals surface area contributed by atoms with E-state index in [4.69, 9.17) is 0 Å². The van der Waals surface area contributed by atoms with Crippen LogP contribution in [0.1, 0.15) is 12.5 Å².